The van der Waals surface area contributed by atoms with Gasteiger partial charge in [-0.1, -0.05) is 69.2 Å². The Hall–Kier alpha value is -2.21. The molecule has 0 spiro atoms. The van der Waals surface area contributed by atoms with Crippen molar-refractivity contribution in [1.29, 1.82) is 0 Å². The van der Waals surface area contributed by atoms with E-state index in [1.54, 1.807) is 13.8 Å². The van der Waals surface area contributed by atoms with E-state index in [-0.39, 0.29) is 45.9 Å². The maximum atomic E-state index is 13.8. The molecule has 4 atom stereocenters. The lowest BCUT2D eigenvalue weighted by atomic mass is 10.1. The van der Waals surface area contributed by atoms with Crippen molar-refractivity contribution in [2.24, 2.45) is 5.92 Å². The van der Waals surface area contributed by atoms with Crippen LogP contribution in [0.5, 0.6) is 0 Å². The molecule has 4 heterocycles. The van der Waals surface area contributed by atoms with Gasteiger partial charge in [-0.25, -0.2) is 4.98 Å². The van der Waals surface area contributed by atoms with Crippen molar-refractivity contribution in [2.75, 3.05) is 11.9 Å². The molecule has 47 heavy (non-hydrogen) atoms. The minimum atomic E-state index is -6.20. The number of anilines is 1. The van der Waals surface area contributed by atoms with E-state index in [1.165, 1.54) is 0 Å². The second kappa shape index (κ2) is 13.3. The molecule has 2 fully saturated rings. The van der Waals surface area contributed by atoms with Gasteiger partial charge in [-0.15, -0.1) is 0 Å². The normalized spacial score (nSPS) is 25.1. The van der Waals surface area contributed by atoms with E-state index >= 15 is 0 Å². The summed E-state index contributed by atoms with van der Waals surface area (Å²) in [6.45, 7) is 18.6. The molecule has 2 N–H and O–H groups in total. The molecule has 0 bridgehead atoms. The van der Waals surface area contributed by atoms with Crippen molar-refractivity contribution in [3.8, 4) is 0 Å². The largest absolute Gasteiger partial charge is 0.523 e. The average Bonchev–Trinajstić information content (AvgIpc) is 3.48. The third kappa shape index (κ3) is 6.83. The molecule has 2 aromatic heterocycles. The smallest absolute Gasteiger partial charge is 0.414 e. The highest BCUT2D eigenvalue weighted by atomic mass is 32.2. The molecular formula is C27H44F3N5O9SSi2. The van der Waals surface area contributed by atoms with Crippen LogP contribution in [-0.2, 0) is 36.8 Å². The van der Waals surface area contributed by atoms with Crippen molar-refractivity contribution in [3.05, 3.63) is 16.7 Å². The van der Waals surface area contributed by atoms with Gasteiger partial charge in [0.1, 0.15) is 12.2 Å². The van der Waals surface area contributed by atoms with Gasteiger partial charge in [0, 0.05) is 5.92 Å². The van der Waals surface area contributed by atoms with Gasteiger partial charge in [-0.05, 0) is 22.2 Å². The number of H-pyrrole nitrogens is 1. The number of hydrogen-bond donors (Lipinski definition) is 2. The molecule has 4 rings (SSSR count). The van der Waals surface area contributed by atoms with Gasteiger partial charge in [0.2, 0.25) is 11.9 Å². The first-order valence-electron chi connectivity index (χ1n) is 15.5. The second-order valence-corrected chi connectivity index (χ2v) is 23.9. The summed E-state index contributed by atoms with van der Waals surface area (Å²) in [5.74, 6) is -1.20. The predicted molar refractivity (Wildman–Crippen MR) is 169 cm³/mol. The second-order valence-electron chi connectivity index (χ2n) is 13.5. The number of aromatic nitrogens is 4. The number of halogens is 3. The predicted octanol–water partition coefficient (Wildman–Crippen LogP) is 4.80. The summed E-state index contributed by atoms with van der Waals surface area (Å²) < 4.78 is 99.5. The van der Waals surface area contributed by atoms with Crippen LogP contribution in [0.15, 0.2) is 11.1 Å². The van der Waals surface area contributed by atoms with Crippen LogP contribution in [0.2, 0.25) is 22.2 Å². The highest BCUT2D eigenvalue weighted by Gasteiger charge is 2.63. The van der Waals surface area contributed by atoms with Crippen molar-refractivity contribution < 1.29 is 48.3 Å². The first-order chi connectivity index (χ1) is 21.6. The summed E-state index contributed by atoms with van der Waals surface area (Å²) in [4.78, 5) is 36.0. The van der Waals surface area contributed by atoms with E-state index in [0.717, 1.165) is 10.9 Å². The number of amides is 1. The first-order valence-corrected chi connectivity index (χ1v) is 20.9. The highest BCUT2D eigenvalue weighted by molar-refractivity contribution is 7.87. The Kier molecular flexibility index (Phi) is 10.6. The van der Waals surface area contributed by atoms with Gasteiger partial charge in [-0.2, -0.15) is 26.6 Å². The molecule has 266 valence electrons. The van der Waals surface area contributed by atoms with E-state index in [4.69, 9.17) is 21.9 Å². The van der Waals surface area contributed by atoms with Crippen molar-refractivity contribution >= 4 is 50.3 Å². The Morgan fingerprint density at radius 2 is 1.62 bits per heavy atom. The molecule has 2 saturated heterocycles. The first kappa shape index (κ1) is 37.6. The number of carbonyl (C=O) groups excluding carboxylic acids is 1. The average molecular weight is 728 g/mol. The summed E-state index contributed by atoms with van der Waals surface area (Å²) in [5.41, 5.74) is -7.61. The molecule has 2 aromatic rings. The standard InChI is InChI=1S/C27H44F3N5O9SSi2/c1-13(2)23(36)33-26-32-22-19(24(37)34-26)31-12-35(22)25-21(42-45(38,39)27(28,29)30)20-18(41-25)11-40-46(14(3)4,15(5)6)44-47(43-20,16(7)8)17(9)10/h12-18,20-21,25H,11H2,1-10H3,(H2,32,33,34,36,37)/t18-,20-,21-,25-/m1/s1. The van der Waals surface area contributed by atoms with E-state index in [2.05, 4.69) is 20.3 Å². The summed E-state index contributed by atoms with van der Waals surface area (Å²) in [6, 6.07) is 0. The maximum Gasteiger partial charge on any atom is 0.523 e. The molecule has 0 unspecified atom stereocenters. The summed E-state index contributed by atoms with van der Waals surface area (Å²) in [7, 11) is -12.8. The SMILES string of the molecule is CC(C)C(=O)Nc1nc2c(ncn2[C@@H]2O[C@@H]3CO[Si](C(C)C)(C(C)C)O[Si](C(C)C)(C(C)C)O[C@H]3[C@H]2OS(=O)(=O)C(F)(F)F)c(=O)[nH]1. The number of hydrogen-bond acceptors (Lipinski definition) is 11. The fourth-order valence-corrected chi connectivity index (χ4v) is 17.9. The lowest BCUT2D eigenvalue weighted by Crippen LogP contribution is -2.66. The number of alkyl halides is 3. The summed E-state index contributed by atoms with van der Waals surface area (Å²) in [6.07, 6.45) is -5.04. The lowest BCUT2D eigenvalue weighted by Gasteiger charge is -2.51. The minimum absolute atomic E-state index is 0.0603. The van der Waals surface area contributed by atoms with Gasteiger partial charge in [0.05, 0.1) is 12.9 Å². The van der Waals surface area contributed by atoms with Gasteiger partial charge < -0.3 is 17.7 Å². The molecule has 14 nitrogen and oxygen atoms in total. The van der Waals surface area contributed by atoms with Crippen molar-refractivity contribution in [2.45, 2.75) is 121 Å². The topological polar surface area (TPSA) is 173 Å². The maximum absolute atomic E-state index is 13.8. The van der Waals surface area contributed by atoms with Gasteiger partial charge in [-0.3, -0.25) is 28.6 Å². The third-order valence-corrected chi connectivity index (χ3v) is 19.9. The number of fused-ring (bicyclic) bond motifs is 2. The number of imidazole rings is 1. The zero-order chi connectivity index (χ0) is 35.4. The van der Waals surface area contributed by atoms with Crippen LogP contribution >= 0.6 is 0 Å². The molecule has 0 saturated carbocycles. The number of carbonyl (C=O) groups is 1. The minimum Gasteiger partial charge on any atom is -0.414 e. The van der Waals surface area contributed by atoms with E-state index in [0.29, 0.717) is 0 Å². The molecule has 0 radical (unpaired) electrons. The lowest BCUT2D eigenvalue weighted by molar-refractivity contribution is -0.118. The molecular weight excluding hydrogens is 684 g/mol. The van der Waals surface area contributed by atoms with E-state index < -0.39 is 74.7 Å². The van der Waals surface area contributed by atoms with Gasteiger partial charge in [0.25, 0.3) is 5.56 Å². The van der Waals surface area contributed by atoms with Crippen LogP contribution in [0.3, 0.4) is 0 Å². The van der Waals surface area contributed by atoms with Crippen molar-refractivity contribution in [1.82, 2.24) is 19.5 Å². The summed E-state index contributed by atoms with van der Waals surface area (Å²) >= 11 is 0. The Labute approximate surface area is 273 Å². The van der Waals surface area contributed by atoms with Gasteiger partial charge >= 0.3 is 32.7 Å². The zero-order valence-electron chi connectivity index (χ0n) is 28.0. The zero-order valence-corrected chi connectivity index (χ0v) is 30.9. The van der Waals surface area contributed by atoms with Crippen LogP contribution in [-0.4, -0.2) is 81.4 Å². The number of aromatic amines is 1. The van der Waals surface area contributed by atoms with E-state index in [1.807, 2.05) is 55.4 Å². The fourth-order valence-electron chi connectivity index (χ4n) is 6.08. The van der Waals surface area contributed by atoms with Crippen LogP contribution in [0.25, 0.3) is 11.2 Å². The molecule has 20 heteroatoms. The van der Waals surface area contributed by atoms with E-state index in [9.17, 15) is 31.2 Å². The third-order valence-electron chi connectivity index (χ3n) is 8.61. The van der Waals surface area contributed by atoms with Crippen LogP contribution < -0.4 is 10.9 Å². The van der Waals surface area contributed by atoms with Crippen molar-refractivity contribution in [3.63, 3.8) is 0 Å². The van der Waals surface area contributed by atoms with Crippen LogP contribution in [0.4, 0.5) is 19.1 Å². The molecule has 2 aliphatic rings. The molecule has 2 aliphatic heterocycles. The highest BCUT2D eigenvalue weighted by Crippen LogP contribution is 2.49. The Bertz CT molecular complexity index is 1620. The number of nitrogens with zero attached hydrogens (tertiary/aromatic N) is 3. The summed E-state index contributed by atoms with van der Waals surface area (Å²) in [5, 5.41) is 2.47. The van der Waals surface area contributed by atoms with Crippen LogP contribution in [0.1, 0.15) is 75.5 Å². The molecule has 0 aliphatic carbocycles. The molecule has 1 amide bonds. The monoisotopic (exact) mass is 727 g/mol. The quantitative estimate of drug-likeness (QED) is 0.206. The Morgan fingerprint density at radius 1 is 1.04 bits per heavy atom. The fraction of sp³-hybridized carbons (Fsp3) is 0.778. The van der Waals surface area contributed by atoms with Gasteiger partial charge in [0.15, 0.2) is 23.5 Å². The Balaban J connectivity index is 1.93. The Morgan fingerprint density at radius 3 is 2.13 bits per heavy atom. The number of nitrogens with one attached hydrogen (secondary N) is 2. The molecule has 0 aromatic carbocycles. The number of ether oxygens (including phenoxy) is 1. The number of rotatable bonds is 9. The van der Waals surface area contributed by atoms with Crippen LogP contribution in [0, 0.1) is 5.92 Å².